The van der Waals surface area contributed by atoms with Gasteiger partial charge in [-0.2, -0.15) is 18.4 Å². The quantitative estimate of drug-likeness (QED) is 0.0856. The van der Waals surface area contributed by atoms with E-state index in [0.29, 0.717) is 43.1 Å². The number of carbonyl (C=O) groups excluding carboxylic acids is 1. The van der Waals surface area contributed by atoms with Crippen LogP contribution in [0.3, 0.4) is 0 Å². The van der Waals surface area contributed by atoms with Crippen molar-refractivity contribution in [2.45, 2.75) is 63.0 Å². The van der Waals surface area contributed by atoms with Crippen molar-refractivity contribution in [1.29, 1.82) is 0 Å². The number of carboxylic acid groups (broad SMARTS) is 2. The molecule has 20 heteroatoms. The summed E-state index contributed by atoms with van der Waals surface area (Å²) < 4.78 is 47.5. The number of ether oxygens (including phenoxy) is 1. The van der Waals surface area contributed by atoms with Crippen molar-refractivity contribution >= 4 is 40.4 Å². The number of nitrogens with one attached hydrogen (secondary N) is 2. The summed E-state index contributed by atoms with van der Waals surface area (Å²) in [6, 6.07) is 11.2. The molecule has 0 amide bonds. The number of anilines is 2. The van der Waals surface area contributed by atoms with Crippen molar-refractivity contribution in [3.63, 3.8) is 0 Å². The Morgan fingerprint density at radius 2 is 1.73 bits per heavy atom. The fourth-order valence-electron chi connectivity index (χ4n) is 5.22. The van der Waals surface area contributed by atoms with Gasteiger partial charge >= 0.3 is 24.1 Å². The Balaban J connectivity index is 0.000000430. The molecular formula is C31H38F3N7O10. The van der Waals surface area contributed by atoms with E-state index in [-0.39, 0.29) is 17.6 Å². The molecule has 3 heterocycles. The SMILES string of the molecule is Cn1cnc2c(Nc3ccn(-c4ccccn4)n3)cc(O[C@H]3CC[C@@H](NC[C@@H](O)C(F)(F)F)CC3)cc21.O.O=C(O)CC(CC(=O)O)C(=O)OO. The summed E-state index contributed by atoms with van der Waals surface area (Å²) in [5, 5.41) is 44.3. The zero-order chi connectivity index (χ0) is 36.4. The molecule has 4 aromatic rings. The number of hydrogen-bond acceptors (Lipinski definition) is 12. The molecule has 1 saturated carbocycles. The Kier molecular flexibility index (Phi) is 14.2. The molecule has 51 heavy (non-hydrogen) atoms. The molecule has 0 unspecified atom stereocenters. The standard InChI is InChI=1S/C25H28F3N7O2.C6H8O7.H2O/c1-34-15-31-24-19(32-22-9-11-35(33-22)23-4-2-3-10-29-23)12-18(13-20(24)34)37-17-7-5-16(6-8-17)30-14-21(36)25(26,27)28;7-4(8)1-3(2-5(9)10)6(11)13-12;/h2-4,9-13,15-17,21,30,36H,5-8,14H2,1H3,(H,32,33);3,12H,1-2H2,(H,7,8)(H,9,10);1H2/t16-,17+,21-;;/m1../s1. The Morgan fingerprint density at radius 3 is 2.31 bits per heavy atom. The van der Waals surface area contributed by atoms with E-state index in [4.69, 9.17) is 20.2 Å². The lowest BCUT2D eigenvalue weighted by Crippen LogP contribution is -2.44. The average Bonchev–Trinajstić information content (AvgIpc) is 3.70. The molecule has 1 aliphatic carbocycles. The number of nitrogens with zero attached hydrogens (tertiary/aromatic N) is 5. The van der Waals surface area contributed by atoms with Gasteiger partial charge in [0.1, 0.15) is 11.3 Å². The lowest BCUT2D eigenvalue weighted by Gasteiger charge is -2.30. The zero-order valence-electron chi connectivity index (χ0n) is 27.2. The number of pyridine rings is 1. The smallest absolute Gasteiger partial charge is 0.415 e. The lowest BCUT2D eigenvalue weighted by atomic mass is 9.93. The number of halogens is 3. The van der Waals surface area contributed by atoms with E-state index in [1.807, 2.05) is 54.2 Å². The normalized spacial score (nSPS) is 16.4. The molecule has 0 spiro atoms. The summed E-state index contributed by atoms with van der Waals surface area (Å²) in [4.78, 5) is 42.9. The van der Waals surface area contributed by atoms with E-state index in [0.717, 1.165) is 16.7 Å². The number of imidazole rings is 1. The first kappa shape index (κ1) is 40.1. The molecular weight excluding hydrogens is 687 g/mol. The summed E-state index contributed by atoms with van der Waals surface area (Å²) in [6.07, 6.45) is -0.422. The van der Waals surface area contributed by atoms with Crippen LogP contribution in [-0.4, -0.2) is 99.2 Å². The Labute approximate surface area is 287 Å². The predicted octanol–water partition coefficient (Wildman–Crippen LogP) is 2.84. The van der Waals surface area contributed by atoms with Gasteiger partial charge in [0, 0.05) is 50.2 Å². The molecule has 8 N–H and O–H groups in total. The van der Waals surface area contributed by atoms with Gasteiger partial charge in [-0.3, -0.25) is 9.59 Å². The van der Waals surface area contributed by atoms with E-state index < -0.39 is 55.5 Å². The van der Waals surface area contributed by atoms with Crippen LogP contribution in [0.5, 0.6) is 5.75 Å². The number of aromatic nitrogens is 5. The highest BCUT2D eigenvalue weighted by Gasteiger charge is 2.38. The summed E-state index contributed by atoms with van der Waals surface area (Å²) in [7, 11) is 1.91. The maximum absolute atomic E-state index is 12.5. The molecule has 278 valence electrons. The predicted molar refractivity (Wildman–Crippen MR) is 172 cm³/mol. The van der Waals surface area contributed by atoms with E-state index >= 15 is 0 Å². The molecule has 1 aromatic carbocycles. The molecule has 0 radical (unpaired) electrons. The third kappa shape index (κ3) is 11.6. The number of fused-ring (bicyclic) bond motifs is 1. The van der Waals surface area contributed by atoms with Crippen molar-refractivity contribution < 1.29 is 63.2 Å². The number of rotatable bonds is 13. The Hall–Kier alpha value is -5.31. The number of alkyl halides is 3. The summed E-state index contributed by atoms with van der Waals surface area (Å²) in [5.41, 5.74) is 2.41. The van der Waals surface area contributed by atoms with Crippen LogP contribution in [0.4, 0.5) is 24.7 Å². The second kappa shape index (κ2) is 18.1. The van der Waals surface area contributed by atoms with Crippen molar-refractivity contribution in [2.24, 2.45) is 13.0 Å². The third-order valence-corrected chi connectivity index (χ3v) is 7.76. The largest absolute Gasteiger partial charge is 0.490 e. The van der Waals surface area contributed by atoms with Gasteiger partial charge in [-0.05, 0) is 37.8 Å². The highest BCUT2D eigenvalue weighted by Crippen LogP contribution is 2.33. The summed E-state index contributed by atoms with van der Waals surface area (Å²) in [6.45, 7) is -0.498. The third-order valence-electron chi connectivity index (χ3n) is 7.76. The van der Waals surface area contributed by atoms with Gasteiger partial charge in [-0.15, -0.1) is 5.10 Å². The maximum atomic E-state index is 12.5. The van der Waals surface area contributed by atoms with Gasteiger partial charge in [0.05, 0.1) is 42.4 Å². The van der Waals surface area contributed by atoms with Gasteiger partial charge in [-0.25, -0.2) is 19.4 Å². The number of benzene rings is 1. The van der Waals surface area contributed by atoms with E-state index in [1.165, 1.54) is 0 Å². The minimum absolute atomic E-state index is 0. The minimum atomic E-state index is -4.61. The molecule has 0 saturated heterocycles. The van der Waals surface area contributed by atoms with Gasteiger partial charge in [-0.1, -0.05) is 6.07 Å². The second-order valence-corrected chi connectivity index (χ2v) is 11.5. The number of hydrogen-bond donors (Lipinski definition) is 6. The number of aliphatic carboxylic acids is 2. The first-order valence-electron chi connectivity index (χ1n) is 15.4. The maximum Gasteiger partial charge on any atom is 0.415 e. The van der Waals surface area contributed by atoms with Crippen LogP contribution in [0.15, 0.2) is 55.1 Å². The van der Waals surface area contributed by atoms with Gasteiger partial charge in [0.2, 0.25) is 0 Å². The molecule has 5 rings (SSSR count). The molecule has 0 bridgehead atoms. The highest BCUT2D eigenvalue weighted by atomic mass is 19.4. The van der Waals surface area contributed by atoms with Crippen LogP contribution < -0.4 is 15.4 Å². The van der Waals surface area contributed by atoms with Crippen molar-refractivity contribution in [1.82, 2.24) is 29.6 Å². The van der Waals surface area contributed by atoms with E-state index in [9.17, 15) is 32.7 Å². The molecule has 3 aromatic heterocycles. The molecule has 1 aliphatic rings. The fraction of sp³-hybridized carbons (Fsp3) is 0.419. The number of aliphatic hydroxyl groups excluding tert-OH is 1. The minimum Gasteiger partial charge on any atom is -0.490 e. The van der Waals surface area contributed by atoms with Gasteiger partial charge in [0.15, 0.2) is 17.7 Å². The average molecular weight is 726 g/mol. The molecule has 1 fully saturated rings. The van der Waals surface area contributed by atoms with Gasteiger partial charge < -0.3 is 45.6 Å². The van der Waals surface area contributed by atoms with E-state index in [1.54, 1.807) is 17.2 Å². The van der Waals surface area contributed by atoms with Gasteiger partial charge in [0.25, 0.3) is 0 Å². The van der Waals surface area contributed by atoms with Crippen LogP contribution in [0, 0.1) is 5.92 Å². The lowest BCUT2D eigenvalue weighted by molar-refractivity contribution is -0.239. The Bertz CT molecular complexity index is 1730. The van der Waals surface area contributed by atoms with Crippen LogP contribution in [0.2, 0.25) is 0 Å². The number of aliphatic hydroxyl groups is 1. The van der Waals surface area contributed by atoms with Crippen molar-refractivity contribution in [3.8, 4) is 11.6 Å². The summed E-state index contributed by atoms with van der Waals surface area (Å²) >= 11 is 0. The zero-order valence-corrected chi connectivity index (χ0v) is 27.2. The fourth-order valence-corrected chi connectivity index (χ4v) is 5.22. The molecule has 17 nitrogen and oxygen atoms in total. The topological polar surface area (TPSA) is 255 Å². The van der Waals surface area contributed by atoms with Crippen LogP contribution in [0.1, 0.15) is 38.5 Å². The Morgan fingerprint density at radius 1 is 1.04 bits per heavy atom. The highest BCUT2D eigenvalue weighted by molar-refractivity contribution is 5.91. The van der Waals surface area contributed by atoms with Crippen molar-refractivity contribution in [2.75, 3.05) is 11.9 Å². The number of carbonyl (C=O) groups is 3. The summed E-state index contributed by atoms with van der Waals surface area (Å²) in [5.74, 6) is -3.29. The first-order valence-corrected chi connectivity index (χ1v) is 15.4. The van der Waals surface area contributed by atoms with Crippen LogP contribution >= 0.6 is 0 Å². The number of carboxylic acids is 2. The second-order valence-electron chi connectivity index (χ2n) is 11.5. The van der Waals surface area contributed by atoms with Crippen LogP contribution in [-0.2, 0) is 26.3 Å². The monoisotopic (exact) mass is 725 g/mol. The first-order chi connectivity index (χ1) is 23.7. The molecule has 0 aliphatic heterocycles. The number of aryl methyl sites for hydroxylation is 1. The van der Waals surface area contributed by atoms with Crippen molar-refractivity contribution in [3.05, 3.63) is 55.1 Å². The van der Waals surface area contributed by atoms with Crippen LogP contribution in [0.25, 0.3) is 16.9 Å². The van der Waals surface area contributed by atoms with E-state index in [2.05, 4.69) is 30.6 Å². The molecule has 1 atom stereocenters.